The Bertz CT molecular complexity index is 4560. The first kappa shape index (κ1) is 38.6. The van der Waals surface area contributed by atoms with Crippen molar-refractivity contribution in [2.75, 3.05) is 0 Å². The maximum Gasteiger partial charge on any atom is 0.0990 e. The molecule has 5 heterocycles. The molecule has 0 spiro atoms. The second-order valence-corrected chi connectivity index (χ2v) is 19.1. The van der Waals surface area contributed by atoms with Crippen molar-refractivity contribution in [2.45, 2.75) is 12.8 Å². The summed E-state index contributed by atoms with van der Waals surface area (Å²) in [4.78, 5) is 0. The molecule has 0 saturated carbocycles. The number of fused-ring (bicyclic) bond motifs is 15. The van der Waals surface area contributed by atoms with Crippen molar-refractivity contribution >= 4 is 104 Å². The predicted octanol–water partition coefficient (Wildman–Crippen LogP) is 17.0. The van der Waals surface area contributed by atoms with Crippen LogP contribution in [0.25, 0.3) is 133 Å². The molecule has 0 N–H and O–H groups in total. The lowest BCUT2D eigenvalue weighted by molar-refractivity contribution is 0.946. The third-order valence-electron chi connectivity index (χ3n) is 15.5. The first-order chi connectivity index (χ1) is 35.3. The third kappa shape index (κ3) is 5.19. The van der Waals surface area contributed by atoms with Gasteiger partial charge in [-0.05, 0) is 85.1 Å². The van der Waals surface area contributed by atoms with E-state index in [0.717, 1.165) is 85.4 Å². The summed E-state index contributed by atoms with van der Waals surface area (Å²) in [6.07, 6.45) is 6.73. The monoisotopic (exact) mass is 905 g/mol. The van der Waals surface area contributed by atoms with Crippen LogP contribution in [0.3, 0.4) is 0 Å². The molecule has 0 bridgehead atoms. The van der Waals surface area contributed by atoms with Gasteiger partial charge in [0.05, 0.1) is 78.1 Å². The van der Waals surface area contributed by atoms with E-state index in [1.54, 1.807) is 0 Å². The number of hydrogen-bond donors (Lipinski definition) is 0. The zero-order valence-electron chi connectivity index (χ0n) is 38.7. The molecule has 0 aliphatic heterocycles. The number of para-hydroxylation sites is 9. The van der Waals surface area contributed by atoms with Crippen molar-refractivity contribution < 1.29 is 0 Å². The molecule has 1 aliphatic rings. The van der Waals surface area contributed by atoms with Gasteiger partial charge in [0.2, 0.25) is 0 Å². The van der Waals surface area contributed by atoms with Gasteiger partial charge < -0.3 is 22.8 Å². The summed E-state index contributed by atoms with van der Waals surface area (Å²) in [6, 6.07) is 83.5. The van der Waals surface area contributed by atoms with Crippen molar-refractivity contribution in [3.63, 3.8) is 0 Å². The molecule has 10 aromatic carbocycles. The van der Waals surface area contributed by atoms with Gasteiger partial charge in [-0.3, -0.25) is 0 Å². The molecule has 0 fully saturated rings. The van der Waals surface area contributed by atoms with Crippen molar-refractivity contribution in [2.24, 2.45) is 0 Å². The largest absolute Gasteiger partial charge is 0.307 e. The minimum atomic E-state index is 0.966. The Labute approximate surface area is 408 Å². The van der Waals surface area contributed by atoms with Crippen molar-refractivity contribution in [1.29, 1.82) is 0 Å². The summed E-state index contributed by atoms with van der Waals surface area (Å²) in [6.45, 7) is 0. The van der Waals surface area contributed by atoms with Crippen molar-refractivity contribution in [3.8, 4) is 28.4 Å². The Balaban J connectivity index is 1.27. The fraction of sp³-hybridized carbons (Fsp3) is 0.0303. The SMILES string of the molecule is C1=Cc2c(c3ccccc3n2-c2c(-n3c4ccccc4c4ccccc43)cc(-n3c4ccccc4c4ccccc43)c(-n3c4ccccc4c4ccccc43)c2-n2c3ccccc3c3ccccc32)CC1. The molecule has 5 nitrogen and oxygen atoms in total. The highest BCUT2D eigenvalue weighted by Gasteiger charge is 2.33. The van der Waals surface area contributed by atoms with E-state index in [-0.39, 0.29) is 0 Å². The minimum Gasteiger partial charge on any atom is -0.307 e. The minimum absolute atomic E-state index is 0.966. The normalized spacial score (nSPS) is 12.9. The number of allylic oxidation sites excluding steroid dienone is 1. The third-order valence-corrected chi connectivity index (χ3v) is 15.5. The molecule has 15 aromatic rings. The maximum atomic E-state index is 2.63. The second kappa shape index (κ2) is 14.6. The summed E-state index contributed by atoms with van der Waals surface area (Å²) in [7, 11) is 0. The second-order valence-electron chi connectivity index (χ2n) is 19.1. The van der Waals surface area contributed by atoms with Crippen LogP contribution in [0.5, 0.6) is 0 Å². The van der Waals surface area contributed by atoms with E-state index in [1.165, 1.54) is 65.3 Å². The predicted molar refractivity (Wildman–Crippen MR) is 298 cm³/mol. The number of aryl methyl sites for hydroxylation is 1. The van der Waals surface area contributed by atoms with Gasteiger partial charge in [-0.25, -0.2) is 0 Å². The van der Waals surface area contributed by atoms with Gasteiger partial charge in [0.1, 0.15) is 0 Å². The molecular formula is C66H43N5. The number of aromatic nitrogens is 5. The maximum absolute atomic E-state index is 2.63. The zero-order valence-corrected chi connectivity index (χ0v) is 38.7. The van der Waals surface area contributed by atoms with Crippen LogP contribution in [0.2, 0.25) is 0 Å². The lowest BCUT2D eigenvalue weighted by Crippen LogP contribution is -2.17. The first-order valence-electron chi connectivity index (χ1n) is 24.8. The molecule has 0 saturated heterocycles. The summed E-state index contributed by atoms with van der Waals surface area (Å²) >= 11 is 0. The summed E-state index contributed by atoms with van der Waals surface area (Å²) in [5, 5.41) is 11.0. The summed E-state index contributed by atoms with van der Waals surface area (Å²) < 4.78 is 13.0. The van der Waals surface area contributed by atoms with Crippen molar-refractivity contribution in [1.82, 2.24) is 22.8 Å². The van der Waals surface area contributed by atoms with E-state index in [9.17, 15) is 0 Å². The van der Waals surface area contributed by atoms with Crippen LogP contribution in [0.4, 0.5) is 0 Å². The van der Waals surface area contributed by atoms with E-state index in [4.69, 9.17) is 0 Å². The van der Waals surface area contributed by atoms with Gasteiger partial charge in [-0.15, -0.1) is 0 Å². The summed E-state index contributed by atoms with van der Waals surface area (Å²) in [5.74, 6) is 0. The lowest BCUT2D eigenvalue weighted by atomic mass is 10.0. The van der Waals surface area contributed by atoms with E-state index in [0.29, 0.717) is 0 Å². The Morgan fingerprint density at radius 3 is 0.873 bits per heavy atom. The van der Waals surface area contributed by atoms with E-state index in [2.05, 4.69) is 259 Å². The first-order valence-corrected chi connectivity index (χ1v) is 24.8. The van der Waals surface area contributed by atoms with Crippen LogP contribution < -0.4 is 0 Å². The highest BCUT2D eigenvalue weighted by Crippen LogP contribution is 2.50. The Morgan fingerprint density at radius 1 is 0.254 bits per heavy atom. The lowest BCUT2D eigenvalue weighted by Gasteiger charge is -2.29. The van der Waals surface area contributed by atoms with Gasteiger partial charge in [0.15, 0.2) is 0 Å². The average molecular weight is 906 g/mol. The molecule has 332 valence electrons. The van der Waals surface area contributed by atoms with E-state index < -0.39 is 0 Å². The Hall–Kier alpha value is -9.32. The molecule has 0 amide bonds. The van der Waals surface area contributed by atoms with Crippen LogP contribution in [0.1, 0.15) is 17.7 Å². The van der Waals surface area contributed by atoms with Gasteiger partial charge in [-0.2, -0.15) is 0 Å². The van der Waals surface area contributed by atoms with Crippen molar-refractivity contribution in [3.05, 3.63) is 242 Å². The van der Waals surface area contributed by atoms with Crippen LogP contribution in [0.15, 0.2) is 231 Å². The molecule has 71 heavy (non-hydrogen) atoms. The van der Waals surface area contributed by atoms with Crippen LogP contribution >= 0.6 is 0 Å². The Morgan fingerprint density at radius 2 is 0.521 bits per heavy atom. The van der Waals surface area contributed by atoms with Crippen LogP contribution in [-0.2, 0) is 6.42 Å². The van der Waals surface area contributed by atoms with Gasteiger partial charge in [-0.1, -0.05) is 170 Å². The van der Waals surface area contributed by atoms with Gasteiger partial charge >= 0.3 is 0 Å². The summed E-state index contributed by atoms with van der Waals surface area (Å²) in [5.41, 5.74) is 18.4. The highest BCUT2D eigenvalue weighted by molar-refractivity contribution is 6.16. The smallest absolute Gasteiger partial charge is 0.0990 e. The average Bonchev–Trinajstić information content (AvgIpc) is 4.23. The number of hydrogen-bond acceptors (Lipinski definition) is 0. The molecule has 0 atom stereocenters. The fourth-order valence-electron chi connectivity index (χ4n) is 12.7. The Kier molecular flexibility index (Phi) is 7.94. The topological polar surface area (TPSA) is 24.6 Å². The van der Waals surface area contributed by atoms with Gasteiger partial charge in [0, 0.05) is 54.2 Å². The number of nitrogens with zero attached hydrogens (tertiary/aromatic N) is 5. The standard InChI is InChI=1S/C66H43N5/c1-11-31-52-42(21-1)43-22-2-12-32-53(43)67(52)62-41-63(68-54-33-13-3-23-44(54)45-24-4-14-34-55(45)68)65(70-58-37-17-7-27-48(58)49-28-8-18-38-59(49)70)66(71-60-39-19-9-29-50(60)51-30-10-20-40-61(51)71)64(62)69-56-35-15-5-25-46(56)47-26-6-16-36-57(47)69/h1-7,9-27,29-41H,8,28H2. The number of benzene rings is 10. The zero-order chi connectivity index (χ0) is 46.3. The number of rotatable bonds is 5. The van der Waals surface area contributed by atoms with Crippen LogP contribution in [-0.4, -0.2) is 22.8 Å². The molecular weight excluding hydrogens is 863 g/mol. The van der Waals surface area contributed by atoms with E-state index in [1.807, 2.05) is 0 Å². The highest BCUT2D eigenvalue weighted by atomic mass is 15.2. The molecule has 0 unspecified atom stereocenters. The molecule has 16 rings (SSSR count). The molecule has 5 aromatic heterocycles. The quantitative estimate of drug-likeness (QED) is 0.164. The van der Waals surface area contributed by atoms with Gasteiger partial charge in [0.25, 0.3) is 0 Å². The van der Waals surface area contributed by atoms with E-state index >= 15 is 0 Å². The molecule has 1 aliphatic carbocycles. The molecule has 0 radical (unpaired) electrons. The fourth-order valence-corrected chi connectivity index (χ4v) is 12.7. The van der Waals surface area contributed by atoms with Crippen LogP contribution in [0, 0.1) is 0 Å². The molecule has 5 heteroatoms.